The number of benzene rings is 1. The van der Waals surface area contributed by atoms with Gasteiger partial charge in [0.1, 0.15) is 11.6 Å². The van der Waals surface area contributed by atoms with Crippen LogP contribution in [0.15, 0.2) is 16.9 Å². The van der Waals surface area contributed by atoms with Crippen molar-refractivity contribution >= 4 is 0 Å². The van der Waals surface area contributed by atoms with Gasteiger partial charge in [-0.25, -0.2) is 4.98 Å². The minimum absolute atomic E-state index is 0.172. The zero-order valence-electron chi connectivity index (χ0n) is 12.7. The molecule has 0 bridgehead atoms. The number of aryl methyl sites for hydroxylation is 1. The monoisotopic (exact) mass is 290 g/mol. The molecule has 1 aromatic heterocycles. The third kappa shape index (κ3) is 2.69. The number of hydrogen-bond acceptors (Lipinski definition) is 5. The second-order valence-electron chi connectivity index (χ2n) is 4.53. The molecule has 6 heteroatoms. The second-order valence-corrected chi connectivity index (χ2v) is 4.53. The molecular formula is C15H18N2O4. The van der Waals surface area contributed by atoms with E-state index in [-0.39, 0.29) is 5.56 Å². The van der Waals surface area contributed by atoms with E-state index in [1.54, 1.807) is 47.3 Å². The lowest BCUT2D eigenvalue weighted by Crippen LogP contribution is -2.14. The highest BCUT2D eigenvalue weighted by Crippen LogP contribution is 2.38. The Morgan fingerprint density at radius 2 is 1.52 bits per heavy atom. The first-order valence-corrected chi connectivity index (χ1v) is 6.39. The van der Waals surface area contributed by atoms with Crippen LogP contribution in [0.1, 0.15) is 11.3 Å². The smallest absolute Gasteiger partial charge is 0.254 e. The highest BCUT2D eigenvalue weighted by Gasteiger charge is 2.16. The molecule has 21 heavy (non-hydrogen) atoms. The molecule has 0 unspecified atom stereocenters. The van der Waals surface area contributed by atoms with Crippen LogP contribution in [0.5, 0.6) is 17.2 Å². The molecule has 0 fully saturated rings. The Morgan fingerprint density at radius 1 is 0.952 bits per heavy atom. The highest BCUT2D eigenvalue weighted by atomic mass is 16.5. The number of hydrogen-bond donors (Lipinski definition) is 1. The lowest BCUT2D eigenvalue weighted by atomic mass is 10.1. The fraction of sp³-hybridized carbons (Fsp3) is 0.333. The lowest BCUT2D eigenvalue weighted by Gasteiger charge is -2.14. The minimum atomic E-state index is -0.172. The van der Waals surface area contributed by atoms with Gasteiger partial charge in [0.25, 0.3) is 5.56 Å². The van der Waals surface area contributed by atoms with Gasteiger partial charge in [0.05, 0.1) is 26.9 Å². The molecule has 0 aliphatic heterocycles. The van der Waals surface area contributed by atoms with Crippen molar-refractivity contribution in [3.05, 3.63) is 33.7 Å². The summed E-state index contributed by atoms with van der Waals surface area (Å²) in [4.78, 5) is 19.1. The summed E-state index contributed by atoms with van der Waals surface area (Å²) in [5.74, 6) is 2.05. The summed E-state index contributed by atoms with van der Waals surface area (Å²) < 4.78 is 15.9. The van der Waals surface area contributed by atoms with E-state index in [1.165, 1.54) is 0 Å². The molecule has 2 rings (SSSR count). The van der Waals surface area contributed by atoms with E-state index >= 15 is 0 Å². The average Bonchev–Trinajstić information content (AvgIpc) is 2.50. The van der Waals surface area contributed by atoms with Crippen molar-refractivity contribution in [2.45, 2.75) is 13.8 Å². The first-order valence-electron chi connectivity index (χ1n) is 6.39. The SMILES string of the molecule is COc1cc(OC)c(-c2nc(C)c(C)c(=O)[nH]2)cc1OC. The van der Waals surface area contributed by atoms with Gasteiger partial charge >= 0.3 is 0 Å². The van der Waals surface area contributed by atoms with Gasteiger partial charge in [-0.05, 0) is 19.9 Å². The van der Waals surface area contributed by atoms with E-state index in [1.807, 2.05) is 0 Å². The van der Waals surface area contributed by atoms with Gasteiger partial charge in [0.2, 0.25) is 0 Å². The maximum absolute atomic E-state index is 11.9. The van der Waals surface area contributed by atoms with Gasteiger partial charge in [0, 0.05) is 17.3 Å². The molecule has 0 amide bonds. The zero-order chi connectivity index (χ0) is 15.6. The number of aromatic nitrogens is 2. The van der Waals surface area contributed by atoms with E-state index < -0.39 is 0 Å². The van der Waals surface area contributed by atoms with Crippen LogP contribution in [0, 0.1) is 13.8 Å². The summed E-state index contributed by atoms with van der Waals surface area (Å²) in [5, 5.41) is 0. The molecule has 0 atom stereocenters. The molecule has 0 saturated carbocycles. The molecule has 1 heterocycles. The predicted octanol–water partition coefficient (Wildman–Crippen LogP) is 2.08. The molecule has 0 radical (unpaired) electrons. The van der Waals surface area contributed by atoms with Gasteiger partial charge in [-0.2, -0.15) is 0 Å². The predicted molar refractivity (Wildman–Crippen MR) is 79.4 cm³/mol. The Labute approximate surface area is 122 Å². The molecule has 112 valence electrons. The van der Waals surface area contributed by atoms with Crippen LogP contribution < -0.4 is 19.8 Å². The third-order valence-corrected chi connectivity index (χ3v) is 3.36. The van der Waals surface area contributed by atoms with Crippen LogP contribution in [0.4, 0.5) is 0 Å². The molecular weight excluding hydrogens is 272 g/mol. The van der Waals surface area contributed by atoms with Crippen LogP contribution in [0.3, 0.4) is 0 Å². The van der Waals surface area contributed by atoms with E-state index in [9.17, 15) is 4.79 Å². The number of methoxy groups -OCH3 is 3. The van der Waals surface area contributed by atoms with Gasteiger partial charge in [0.15, 0.2) is 11.5 Å². The summed E-state index contributed by atoms with van der Waals surface area (Å²) in [6, 6.07) is 3.42. The summed E-state index contributed by atoms with van der Waals surface area (Å²) in [6.45, 7) is 3.53. The summed E-state index contributed by atoms with van der Waals surface area (Å²) in [5.41, 5.74) is 1.73. The fourth-order valence-electron chi connectivity index (χ4n) is 1.99. The quantitative estimate of drug-likeness (QED) is 0.933. The Kier molecular flexibility index (Phi) is 4.16. The van der Waals surface area contributed by atoms with Crippen molar-refractivity contribution in [1.29, 1.82) is 0 Å². The first-order chi connectivity index (χ1) is 10.0. The van der Waals surface area contributed by atoms with Crippen molar-refractivity contribution in [2.75, 3.05) is 21.3 Å². The van der Waals surface area contributed by atoms with Gasteiger partial charge < -0.3 is 19.2 Å². The highest BCUT2D eigenvalue weighted by molar-refractivity contribution is 5.69. The first kappa shape index (κ1) is 14.9. The summed E-state index contributed by atoms with van der Waals surface area (Å²) in [6.07, 6.45) is 0. The van der Waals surface area contributed by atoms with Gasteiger partial charge in [-0.3, -0.25) is 4.79 Å². The van der Waals surface area contributed by atoms with Crippen LogP contribution in [0.25, 0.3) is 11.4 Å². The molecule has 1 aromatic carbocycles. The summed E-state index contributed by atoms with van der Waals surface area (Å²) >= 11 is 0. The maximum Gasteiger partial charge on any atom is 0.254 e. The average molecular weight is 290 g/mol. The van der Waals surface area contributed by atoms with Gasteiger partial charge in [-0.15, -0.1) is 0 Å². The number of H-pyrrole nitrogens is 1. The normalized spacial score (nSPS) is 10.3. The molecule has 2 aromatic rings. The number of aromatic amines is 1. The van der Waals surface area contributed by atoms with Crippen molar-refractivity contribution in [2.24, 2.45) is 0 Å². The van der Waals surface area contributed by atoms with Crippen molar-refractivity contribution in [3.63, 3.8) is 0 Å². The van der Waals surface area contributed by atoms with Crippen molar-refractivity contribution in [3.8, 4) is 28.6 Å². The Balaban J connectivity index is 2.70. The van der Waals surface area contributed by atoms with Gasteiger partial charge in [-0.1, -0.05) is 0 Å². The molecule has 0 saturated heterocycles. The van der Waals surface area contributed by atoms with E-state index in [4.69, 9.17) is 14.2 Å². The Hall–Kier alpha value is -2.50. The van der Waals surface area contributed by atoms with Crippen LogP contribution in [0.2, 0.25) is 0 Å². The fourth-order valence-corrected chi connectivity index (χ4v) is 1.99. The second kappa shape index (κ2) is 5.87. The molecule has 6 nitrogen and oxygen atoms in total. The summed E-state index contributed by atoms with van der Waals surface area (Å²) in [7, 11) is 4.64. The zero-order valence-corrected chi connectivity index (χ0v) is 12.7. The Bertz CT molecular complexity index is 722. The standard InChI is InChI=1S/C15H18N2O4/c1-8-9(2)16-14(17-15(8)18)10-6-12(20-4)13(21-5)7-11(10)19-3/h6-7H,1-5H3,(H,16,17,18). The topological polar surface area (TPSA) is 73.4 Å². The molecule has 0 aliphatic rings. The van der Waals surface area contributed by atoms with Crippen molar-refractivity contribution < 1.29 is 14.2 Å². The van der Waals surface area contributed by atoms with Crippen molar-refractivity contribution in [1.82, 2.24) is 9.97 Å². The van der Waals surface area contributed by atoms with E-state index in [0.717, 1.165) is 0 Å². The maximum atomic E-state index is 11.9. The van der Waals surface area contributed by atoms with E-state index in [0.29, 0.717) is 39.9 Å². The number of nitrogens with zero attached hydrogens (tertiary/aromatic N) is 1. The van der Waals surface area contributed by atoms with Crippen LogP contribution in [-0.2, 0) is 0 Å². The van der Waals surface area contributed by atoms with Crippen LogP contribution in [-0.4, -0.2) is 31.3 Å². The van der Waals surface area contributed by atoms with E-state index in [2.05, 4.69) is 9.97 Å². The Morgan fingerprint density at radius 3 is 2.05 bits per heavy atom. The number of ether oxygens (including phenoxy) is 3. The largest absolute Gasteiger partial charge is 0.496 e. The number of nitrogens with one attached hydrogen (secondary N) is 1. The lowest BCUT2D eigenvalue weighted by molar-refractivity contribution is 0.349. The molecule has 0 spiro atoms. The molecule has 1 N–H and O–H groups in total. The van der Waals surface area contributed by atoms with Crippen LogP contribution >= 0.6 is 0 Å². The third-order valence-electron chi connectivity index (χ3n) is 3.36. The minimum Gasteiger partial charge on any atom is -0.496 e. The number of rotatable bonds is 4. The molecule has 0 aliphatic carbocycles.